The summed E-state index contributed by atoms with van der Waals surface area (Å²) >= 11 is 6.14. The molecular weight excluding hydrogens is 272 g/mol. The van der Waals surface area contributed by atoms with Crippen LogP contribution in [0, 0.1) is 0 Å². The van der Waals surface area contributed by atoms with Crippen LogP contribution in [0.15, 0.2) is 30.6 Å². The molecule has 20 heavy (non-hydrogen) atoms. The Kier molecular flexibility index (Phi) is 3.74. The zero-order chi connectivity index (χ0) is 13.9. The number of halogens is 1. The summed E-state index contributed by atoms with van der Waals surface area (Å²) in [4.78, 5) is 10.7. The highest BCUT2D eigenvalue weighted by atomic mass is 35.5. The van der Waals surface area contributed by atoms with Gasteiger partial charge < -0.3 is 10.2 Å². The molecule has 0 bridgehead atoms. The van der Waals surface area contributed by atoms with Gasteiger partial charge in [0.1, 0.15) is 12.0 Å². The Bertz CT molecular complexity index is 588. The van der Waals surface area contributed by atoms with Crippen LogP contribution >= 0.6 is 11.6 Å². The van der Waals surface area contributed by atoms with E-state index in [1.54, 1.807) is 0 Å². The lowest BCUT2D eigenvalue weighted by Gasteiger charge is -2.23. The minimum Gasteiger partial charge on any atom is -0.383 e. The normalized spacial score (nSPS) is 14.6. The summed E-state index contributed by atoms with van der Waals surface area (Å²) in [6.45, 7) is 1.89. The maximum absolute atomic E-state index is 6.14. The van der Waals surface area contributed by atoms with Gasteiger partial charge in [0.05, 0.1) is 0 Å². The number of rotatable bonds is 2. The zero-order valence-electron chi connectivity index (χ0n) is 11.4. The fourth-order valence-electron chi connectivity index (χ4n) is 2.69. The van der Waals surface area contributed by atoms with E-state index in [-0.39, 0.29) is 0 Å². The van der Waals surface area contributed by atoms with Crippen molar-refractivity contribution in [3.63, 3.8) is 0 Å². The largest absolute Gasteiger partial charge is 0.383 e. The standard InChI is InChI=1S/C15H17ClN4/c1-17-13-14(16)18-10-19-15(13)20-8-6-11-4-2-3-5-12(11)7-9-20/h2-5,10,17H,6-9H2,1H3. The molecule has 0 amide bonds. The first-order valence-electron chi connectivity index (χ1n) is 6.79. The molecule has 1 aliphatic heterocycles. The van der Waals surface area contributed by atoms with Crippen LogP contribution in [0.25, 0.3) is 0 Å². The fourth-order valence-corrected chi connectivity index (χ4v) is 2.91. The molecule has 0 unspecified atom stereocenters. The lowest BCUT2D eigenvalue weighted by atomic mass is 10.0. The molecule has 0 saturated heterocycles. The average molecular weight is 289 g/mol. The van der Waals surface area contributed by atoms with Gasteiger partial charge in [0.2, 0.25) is 0 Å². The van der Waals surface area contributed by atoms with Crippen molar-refractivity contribution in [3.05, 3.63) is 46.9 Å². The Hall–Kier alpha value is -1.81. The lowest BCUT2D eigenvalue weighted by Crippen LogP contribution is -2.28. The summed E-state index contributed by atoms with van der Waals surface area (Å²) in [7, 11) is 1.85. The van der Waals surface area contributed by atoms with Crippen LogP contribution in [0.1, 0.15) is 11.1 Å². The van der Waals surface area contributed by atoms with Crippen LogP contribution in [-0.4, -0.2) is 30.1 Å². The lowest BCUT2D eigenvalue weighted by molar-refractivity contribution is 0.789. The summed E-state index contributed by atoms with van der Waals surface area (Å²) in [5.74, 6) is 0.889. The van der Waals surface area contributed by atoms with Crippen molar-refractivity contribution in [1.29, 1.82) is 0 Å². The van der Waals surface area contributed by atoms with Gasteiger partial charge in [-0.25, -0.2) is 9.97 Å². The maximum atomic E-state index is 6.14. The number of hydrogen-bond donors (Lipinski definition) is 1. The maximum Gasteiger partial charge on any atom is 0.157 e. The number of fused-ring (bicyclic) bond motifs is 1. The Morgan fingerprint density at radius 3 is 2.35 bits per heavy atom. The Morgan fingerprint density at radius 2 is 1.75 bits per heavy atom. The topological polar surface area (TPSA) is 41.1 Å². The fraction of sp³-hybridized carbons (Fsp3) is 0.333. The molecule has 0 fully saturated rings. The van der Waals surface area contributed by atoms with Crippen molar-refractivity contribution in [2.45, 2.75) is 12.8 Å². The van der Waals surface area contributed by atoms with Gasteiger partial charge in [-0.3, -0.25) is 0 Å². The minimum atomic E-state index is 0.472. The minimum absolute atomic E-state index is 0.472. The van der Waals surface area contributed by atoms with E-state index in [2.05, 4.69) is 44.5 Å². The van der Waals surface area contributed by atoms with Gasteiger partial charge in [-0.2, -0.15) is 0 Å². The van der Waals surface area contributed by atoms with E-state index in [1.165, 1.54) is 17.5 Å². The van der Waals surface area contributed by atoms with Crippen LogP contribution in [0.2, 0.25) is 5.15 Å². The molecule has 1 aromatic heterocycles. The molecule has 2 aromatic rings. The predicted molar refractivity (Wildman–Crippen MR) is 82.7 cm³/mol. The van der Waals surface area contributed by atoms with E-state index in [9.17, 15) is 0 Å². The summed E-state index contributed by atoms with van der Waals surface area (Å²) in [6, 6.07) is 8.64. The Balaban J connectivity index is 1.89. The Morgan fingerprint density at radius 1 is 1.10 bits per heavy atom. The summed E-state index contributed by atoms with van der Waals surface area (Å²) < 4.78 is 0. The van der Waals surface area contributed by atoms with Crippen molar-refractivity contribution in [1.82, 2.24) is 9.97 Å². The van der Waals surface area contributed by atoms with Crippen molar-refractivity contribution >= 4 is 23.1 Å². The molecule has 5 heteroatoms. The second-order valence-corrected chi connectivity index (χ2v) is 5.23. The molecule has 1 N–H and O–H groups in total. The Labute approximate surface area is 123 Å². The summed E-state index contributed by atoms with van der Waals surface area (Å²) in [5, 5.41) is 3.58. The number of benzene rings is 1. The first-order chi connectivity index (χ1) is 9.79. The molecule has 0 atom stereocenters. The van der Waals surface area contributed by atoms with E-state index in [0.29, 0.717) is 5.15 Å². The van der Waals surface area contributed by atoms with Crippen LogP contribution in [-0.2, 0) is 12.8 Å². The monoisotopic (exact) mass is 288 g/mol. The zero-order valence-corrected chi connectivity index (χ0v) is 12.2. The van der Waals surface area contributed by atoms with Crippen LogP contribution < -0.4 is 10.2 Å². The van der Waals surface area contributed by atoms with Gasteiger partial charge in [-0.15, -0.1) is 0 Å². The number of anilines is 2. The number of nitrogens with one attached hydrogen (secondary N) is 1. The number of hydrogen-bond acceptors (Lipinski definition) is 4. The van der Waals surface area contributed by atoms with E-state index < -0.39 is 0 Å². The highest BCUT2D eigenvalue weighted by Crippen LogP contribution is 2.30. The molecule has 4 nitrogen and oxygen atoms in total. The van der Waals surface area contributed by atoms with E-state index in [0.717, 1.165) is 37.4 Å². The molecule has 0 radical (unpaired) electrons. The van der Waals surface area contributed by atoms with Crippen molar-refractivity contribution in [3.8, 4) is 0 Å². The van der Waals surface area contributed by atoms with Crippen molar-refractivity contribution < 1.29 is 0 Å². The van der Waals surface area contributed by atoms with Gasteiger partial charge in [0, 0.05) is 20.1 Å². The molecular formula is C15H17ClN4. The summed E-state index contributed by atoms with van der Waals surface area (Å²) in [6.07, 6.45) is 3.58. The van der Waals surface area contributed by atoms with Gasteiger partial charge in [-0.05, 0) is 24.0 Å². The molecule has 0 spiro atoms. The van der Waals surface area contributed by atoms with Gasteiger partial charge >= 0.3 is 0 Å². The van der Waals surface area contributed by atoms with Gasteiger partial charge in [0.15, 0.2) is 11.0 Å². The molecule has 1 aliphatic rings. The van der Waals surface area contributed by atoms with E-state index in [4.69, 9.17) is 11.6 Å². The van der Waals surface area contributed by atoms with Crippen molar-refractivity contribution in [2.24, 2.45) is 0 Å². The number of aromatic nitrogens is 2. The molecule has 1 aromatic carbocycles. The first kappa shape index (κ1) is 13.2. The third-order valence-corrected chi connectivity index (χ3v) is 4.04. The third-order valence-electron chi connectivity index (χ3n) is 3.75. The SMILES string of the molecule is CNc1c(Cl)ncnc1N1CCc2ccccc2CC1. The molecule has 3 rings (SSSR count). The first-order valence-corrected chi connectivity index (χ1v) is 7.17. The molecule has 104 valence electrons. The summed E-state index contributed by atoms with van der Waals surface area (Å²) in [5.41, 5.74) is 3.67. The predicted octanol–water partition coefficient (Wildman–Crippen LogP) is 2.78. The van der Waals surface area contributed by atoms with Crippen molar-refractivity contribution in [2.75, 3.05) is 30.4 Å². The van der Waals surface area contributed by atoms with Crippen LogP contribution in [0.4, 0.5) is 11.5 Å². The van der Waals surface area contributed by atoms with E-state index in [1.807, 2.05) is 7.05 Å². The average Bonchev–Trinajstić information content (AvgIpc) is 2.69. The van der Waals surface area contributed by atoms with E-state index >= 15 is 0 Å². The third kappa shape index (κ3) is 2.43. The molecule has 2 heterocycles. The molecule has 0 aliphatic carbocycles. The second-order valence-electron chi connectivity index (χ2n) is 4.87. The van der Waals surface area contributed by atoms with Gasteiger partial charge in [-0.1, -0.05) is 35.9 Å². The second kappa shape index (κ2) is 5.67. The van der Waals surface area contributed by atoms with Crippen LogP contribution in [0.3, 0.4) is 0 Å². The quantitative estimate of drug-likeness (QED) is 0.863. The highest BCUT2D eigenvalue weighted by Gasteiger charge is 2.19. The molecule has 0 saturated carbocycles. The van der Waals surface area contributed by atoms with Gasteiger partial charge in [0.25, 0.3) is 0 Å². The number of nitrogens with zero attached hydrogens (tertiary/aromatic N) is 3. The highest BCUT2D eigenvalue weighted by molar-refractivity contribution is 6.32. The smallest absolute Gasteiger partial charge is 0.157 e. The van der Waals surface area contributed by atoms with Crippen LogP contribution in [0.5, 0.6) is 0 Å².